The van der Waals surface area contributed by atoms with Crippen molar-refractivity contribution in [2.75, 3.05) is 17.5 Å². The van der Waals surface area contributed by atoms with Crippen LogP contribution in [0.1, 0.15) is 0 Å². The van der Waals surface area contributed by atoms with Crippen LogP contribution in [-0.4, -0.2) is 53.1 Å². The summed E-state index contributed by atoms with van der Waals surface area (Å²) in [5.41, 5.74) is -2.28. The number of sulfonamides is 2. The minimum atomic E-state index is -5.03. The quantitative estimate of drug-likeness (QED) is 0.312. The molecular formula is C9H13LiN2O8S3. The Morgan fingerprint density at radius 2 is 1.57 bits per heavy atom. The van der Waals surface area contributed by atoms with Gasteiger partial charge in [-0.25, -0.2) is 30.0 Å². The molecule has 0 fully saturated rings. The molecule has 1 atom stereocenters. The number of hydrogen-bond donors (Lipinski definition) is 3. The summed E-state index contributed by atoms with van der Waals surface area (Å²) < 4.78 is 80.9. The van der Waals surface area contributed by atoms with Crippen molar-refractivity contribution in [3.8, 4) is 0 Å². The van der Waals surface area contributed by atoms with E-state index >= 15 is 0 Å². The number of rotatable bonds is 7. The van der Waals surface area contributed by atoms with Crippen molar-refractivity contribution in [3.05, 3.63) is 24.3 Å². The molecule has 0 aromatic heterocycles. The molecule has 0 spiro atoms. The molecule has 1 unspecified atom stereocenters. The Balaban J connectivity index is 0.00000484. The van der Waals surface area contributed by atoms with Gasteiger partial charge >= 0.3 is 18.9 Å². The molecule has 1 aromatic rings. The van der Waals surface area contributed by atoms with Gasteiger partial charge in [-0.15, -0.1) is 0 Å². The second kappa shape index (κ2) is 7.95. The summed E-state index contributed by atoms with van der Waals surface area (Å²) in [4.78, 5) is -0.304. The van der Waals surface area contributed by atoms with E-state index in [9.17, 15) is 29.8 Å². The summed E-state index contributed by atoms with van der Waals surface area (Å²) in [5.74, 6) is 0. The van der Waals surface area contributed by atoms with Gasteiger partial charge in [-0.1, -0.05) is 0 Å². The molecule has 0 bridgehead atoms. The fourth-order valence-corrected chi connectivity index (χ4v) is 3.28. The first-order chi connectivity index (χ1) is 9.81. The summed E-state index contributed by atoms with van der Waals surface area (Å²) in [6.45, 7) is -1.00. The van der Waals surface area contributed by atoms with Gasteiger partial charge in [0.05, 0.1) is 17.7 Å². The Labute approximate surface area is 146 Å². The molecule has 0 saturated carbocycles. The minimum absolute atomic E-state index is 0. The van der Waals surface area contributed by atoms with Crippen LogP contribution >= 0.6 is 0 Å². The monoisotopic (exact) mass is 380 g/mol. The van der Waals surface area contributed by atoms with E-state index < -0.39 is 42.1 Å². The molecule has 0 heterocycles. The molecule has 0 radical (unpaired) electrons. The molecule has 0 aliphatic heterocycles. The largest absolute Gasteiger partial charge is 1.00 e. The molecule has 0 amide bonds. The van der Waals surface area contributed by atoms with Gasteiger partial charge in [-0.2, -0.15) is 0 Å². The van der Waals surface area contributed by atoms with Crippen molar-refractivity contribution in [3.63, 3.8) is 0 Å². The Hall–Kier alpha value is -0.653. The van der Waals surface area contributed by atoms with Crippen molar-refractivity contribution in [2.24, 2.45) is 0 Å². The second-order valence-electron chi connectivity index (χ2n) is 4.20. The van der Waals surface area contributed by atoms with Gasteiger partial charge in [-0.05, 0) is 24.3 Å². The molecule has 23 heavy (non-hydrogen) atoms. The van der Waals surface area contributed by atoms with Crippen molar-refractivity contribution >= 4 is 35.9 Å². The Kier molecular flexibility index (Phi) is 7.72. The number of hydrogen-bond acceptors (Lipinski definition) is 8. The van der Waals surface area contributed by atoms with Crippen LogP contribution in [0.15, 0.2) is 29.2 Å². The number of aliphatic hydroxyl groups excluding tert-OH is 1. The van der Waals surface area contributed by atoms with Gasteiger partial charge in [-0.3, -0.25) is 4.72 Å². The maximum absolute atomic E-state index is 11.8. The third-order valence-corrected chi connectivity index (χ3v) is 5.13. The predicted molar refractivity (Wildman–Crippen MR) is 75.8 cm³/mol. The molecule has 126 valence electrons. The Morgan fingerprint density at radius 3 is 1.96 bits per heavy atom. The molecule has 1 rings (SSSR count). The maximum atomic E-state index is 11.8. The molecule has 1 aromatic carbocycles. The summed E-state index contributed by atoms with van der Waals surface area (Å²) in [5, 5.41) is 8.96. The van der Waals surface area contributed by atoms with Crippen molar-refractivity contribution in [2.45, 2.75) is 10.3 Å². The topological polar surface area (TPSA) is 170 Å². The summed E-state index contributed by atoms with van der Waals surface area (Å²) >= 11 is 0. The Morgan fingerprint density at radius 1 is 1.09 bits per heavy atom. The standard InChI is InChI=1S/C9H14N2O8S3.Li/c1-20(13,14)11-7-2-4-8(5-3-7)21(15,16)10-6-9(12)22(17,18)19;/h2-5,9-12H,6H2,1H3,(H,17,18,19);/q;+1/p-1. The van der Waals surface area contributed by atoms with Crippen LogP contribution in [-0.2, 0) is 30.2 Å². The number of benzene rings is 1. The van der Waals surface area contributed by atoms with Gasteiger partial charge < -0.3 is 9.66 Å². The smallest absolute Gasteiger partial charge is 0.746 e. The average molecular weight is 380 g/mol. The fourth-order valence-electron chi connectivity index (χ4n) is 1.28. The van der Waals surface area contributed by atoms with E-state index in [2.05, 4.69) is 4.72 Å². The van der Waals surface area contributed by atoms with Crippen LogP contribution in [0.3, 0.4) is 0 Å². The third-order valence-electron chi connectivity index (χ3n) is 2.25. The van der Waals surface area contributed by atoms with E-state index in [1.807, 2.05) is 0 Å². The molecule has 10 nitrogen and oxygen atoms in total. The minimum Gasteiger partial charge on any atom is -0.746 e. The second-order valence-corrected chi connectivity index (χ2v) is 9.24. The van der Waals surface area contributed by atoms with Gasteiger partial charge in [0.1, 0.15) is 10.1 Å². The Bertz CT molecular complexity index is 833. The summed E-state index contributed by atoms with van der Waals surface area (Å²) in [6.07, 6.45) is 0.921. The number of nitrogens with one attached hydrogen (secondary N) is 2. The van der Waals surface area contributed by atoms with E-state index in [0.29, 0.717) is 0 Å². The predicted octanol–water partition coefficient (Wildman–Crippen LogP) is -4.80. The molecule has 0 saturated heterocycles. The van der Waals surface area contributed by atoms with E-state index in [4.69, 9.17) is 5.11 Å². The zero-order chi connectivity index (χ0) is 17.2. The van der Waals surface area contributed by atoms with E-state index in [0.717, 1.165) is 18.4 Å². The summed E-state index contributed by atoms with van der Waals surface area (Å²) in [7, 11) is -12.7. The van der Waals surface area contributed by atoms with E-state index in [-0.39, 0.29) is 29.4 Å². The molecular weight excluding hydrogens is 367 g/mol. The normalized spacial score (nSPS) is 13.9. The molecule has 0 aliphatic carbocycles. The van der Waals surface area contributed by atoms with Crippen molar-refractivity contribution < 1.29 is 53.8 Å². The van der Waals surface area contributed by atoms with Crippen LogP contribution in [0.4, 0.5) is 5.69 Å². The van der Waals surface area contributed by atoms with Crippen LogP contribution < -0.4 is 28.3 Å². The third kappa shape index (κ3) is 7.64. The van der Waals surface area contributed by atoms with Gasteiger partial charge in [0, 0.05) is 5.69 Å². The molecule has 14 heteroatoms. The number of anilines is 1. The van der Waals surface area contributed by atoms with Crippen LogP contribution in [0.5, 0.6) is 0 Å². The van der Waals surface area contributed by atoms with Crippen molar-refractivity contribution in [1.29, 1.82) is 0 Å². The average Bonchev–Trinajstić information content (AvgIpc) is 2.33. The zero-order valence-electron chi connectivity index (χ0n) is 12.1. The zero-order valence-corrected chi connectivity index (χ0v) is 14.6. The fraction of sp³-hybridized carbons (Fsp3) is 0.333. The SMILES string of the molecule is CS(=O)(=O)Nc1ccc(S(=O)(=O)NCC(O)S(=O)(=O)[O-])cc1.[Li+]. The van der Waals surface area contributed by atoms with Gasteiger partial charge in [0.25, 0.3) is 0 Å². The van der Waals surface area contributed by atoms with Gasteiger partial charge in [0.15, 0.2) is 5.44 Å². The molecule has 3 N–H and O–H groups in total. The van der Waals surface area contributed by atoms with Gasteiger partial charge in [0.2, 0.25) is 20.0 Å². The molecule has 0 aliphatic rings. The maximum Gasteiger partial charge on any atom is 1.00 e. The van der Waals surface area contributed by atoms with Crippen LogP contribution in [0.2, 0.25) is 0 Å². The van der Waals surface area contributed by atoms with Crippen molar-refractivity contribution in [1.82, 2.24) is 4.72 Å². The van der Waals surface area contributed by atoms with E-state index in [1.165, 1.54) is 12.1 Å². The first-order valence-corrected chi connectivity index (χ1v) is 10.4. The first kappa shape index (κ1) is 22.3. The number of aliphatic hydroxyl groups is 1. The van der Waals surface area contributed by atoms with Crippen LogP contribution in [0.25, 0.3) is 0 Å². The first-order valence-electron chi connectivity index (χ1n) is 5.51. The summed E-state index contributed by atoms with van der Waals surface area (Å²) in [6, 6.07) is 4.48. The van der Waals surface area contributed by atoms with Crippen LogP contribution in [0, 0.1) is 0 Å². The van der Waals surface area contributed by atoms with E-state index in [1.54, 1.807) is 4.72 Å².